The molecule has 8 nitrogen and oxygen atoms in total. The normalized spacial score (nSPS) is 31.3. The highest BCUT2D eigenvalue weighted by molar-refractivity contribution is 6.04. The number of methoxy groups -OCH3 is 1. The van der Waals surface area contributed by atoms with E-state index >= 15 is 0 Å². The average molecular weight is 338 g/mol. The smallest absolute Gasteiger partial charge is 0.327 e. The van der Waals surface area contributed by atoms with Crippen LogP contribution in [0.3, 0.4) is 0 Å². The van der Waals surface area contributed by atoms with Crippen LogP contribution in [0, 0.1) is 0 Å². The van der Waals surface area contributed by atoms with Crippen molar-refractivity contribution in [1.29, 1.82) is 0 Å². The van der Waals surface area contributed by atoms with Crippen molar-refractivity contribution in [2.45, 2.75) is 43.9 Å². The molecular weight excluding hydrogens is 312 g/mol. The molecule has 3 aliphatic rings. The second kappa shape index (κ2) is 7.06. The predicted molar refractivity (Wildman–Crippen MR) is 86.3 cm³/mol. The first-order valence-corrected chi connectivity index (χ1v) is 8.61. The van der Waals surface area contributed by atoms with Crippen LogP contribution >= 0.6 is 0 Å². The SMILES string of the molecule is COC1CCN([C@H]2CCC[C@H]2NC(=O)CN2C(=O)CN(C)C2=O)C1. The van der Waals surface area contributed by atoms with Crippen molar-refractivity contribution in [1.82, 2.24) is 20.0 Å². The summed E-state index contributed by atoms with van der Waals surface area (Å²) >= 11 is 0. The minimum atomic E-state index is -0.402. The summed E-state index contributed by atoms with van der Waals surface area (Å²) in [6, 6.07) is 0.000925. The zero-order valence-corrected chi connectivity index (χ0v) is 14.4. The van der Waals surface area contributed by atoms with Crippen molar-refractivity contribution in [3.05, 3.63) is 0 Å². The van der Waals surface area contributed by atoms with E-state index in [0.717, 1.165) is 43.7 Å². The number of amides is 4. The highest BCUT2D eigenvalue weighted by atomic mass is 16.5. The Morgan fingerprint density at radius 3 is 2.71 bits per heavy atom. The summed E-state index contributed by atoms with van der Waals surface area (Å²) in [6.07, 6.45) is 4.38. The fourth-order valence-electron chi connectivity index (χ4n) is 4.01. The lowest BCUT2D eigenvalue weighted by molar-refractivity contribution is -0.131. The van der Waals surface area contributed by atoms with E-state index in [1.807, 2.05) is 0 Å². The van der Waals surface area contributed by atoms with E-state index in [2.05, 4.69) is 10.2 Å². The first kappa shape index (κ1) is 17.2. The van der Waals surface area contributed by atoms with Crippen LogP contribution in [0.1, 0.15) is 25.7 Å². The fraction of sp³-hybridized carbons (Fsp3) is 0.812. The van der Waals surface area contributed by atoms with Gasteiger partial charge in [0, 0.05) is 39.3 Å². The Bertz CT molecular complexity index is 526. The Labute approximate surface area is 142 Å². The third kappa shape index (κ3) is 3.39. The maximum atomic E-state index is 12.3. The number of urea groups is 1. The molecule has 0 radical (unpaired) electrons. The molecule has 2 aliphatic heterocycles. The van der Waals surface area contributed by atoms with Gasteiger partial charge in [-0.25, -0.2) is 4.79 Å². The van der Waals surface area contributed by atoms with Crippen molar-refractivity contribution in [2.75, 3.05) is 40.3 Å². The molecule has 0 aromatic carbocycles. The molecule has 4 amide bonds. The third-order valence-corrected chi connectivity index (χ3v) is 5.34. The molecule has 1 aliphatic carbocycles. The maximum absolute atomic E-state index is 12.3. The lowest BCUT2D eigenvalue weighted by Crippen LogP contribution is -2.51. The number of ether oxygens (including phenoxy) is 1. The van der Waals surface area contributed by atoms with E-state index in [0.29, 0.717) is 6.04 Å². The molecule has 134 valence electrons. The Hall–Kier alpha value is -1.67. The number of likely N-dealkylation sites (N-methyl/N-ethyl adjacent to an activating group) is 1. The van der Waals surface area contributed by atoms with Crippen molar-refractivity contribution >= 4 is 17.8 Å². The van der Waals surface area contributed by atoms with Gasteiger partial charge < -0.3 is 15.0 Å². The Balaban J connectivity index is 1.54. The molecule has 1 unspecified atom stereocenters. The van der Waals surface area contributed by atoms with E-state index in [1.165, 1.54) is 4.90 Å². The van der Waals surface area contributed by atoms with Crippen LogP contribution in [-0.2, 0) is 14.3 Å². The van der Waals surface area contributed by atoms with Crippen LogP contribution in [0.5, 0.6) is 0 Å². The number of carbonyl (C=O) groups is 3. The second-order valence-corrected chi connectivity index (χ2v) is 6.93. The summed E-state index contributed by atoms with van der Waals surface area (Å²) in [5, 5.41) is 3.04. The molecule has 3 fully saturated rings. The van der Waals surface area contributed by atoms with E-state index in [9.17, 15) is 14.4 Å². The van der Waals surface area contributed by atoms with E-state index in [4.69, 9.17) is 4.74 Å². The third-order valence-electron chi connectivity index (χ3n) is 5.34. The van der Waals surface area contributed by atoms with E-state index in [1.54, 1.807) is 14.2 Å². The lowest BCUT2D eigenvalue weighted by Gasteiger charge is -2.30. The van der Waals surface area contributed by atoms with Gasteiger partial charge in [-0.05, 0) is 25.7 Å². The molecule has 3 rings (SSSR count). The average Bonchev–Trinajstić information content (AvgIpc) is 3.24. The van der Waals surface area contributed by atoms with Crippen molar-refractivity contribution in [2.24, 2.45) is 0 Å². The molecule has 0 spiro atoms. The first-order valence-electron chi connectivity index (χ1n) is 8.61. The Morgan fingerprint density at radius 2 is 2.08 bits per heavy atom. The number of hydrogen-bond donors (Lipinski definition) is 1. The van der Waals surface area contributed by atoms with E-state index < -0.39 is 6.03 Å². The fourth-order valence-corrected chi connectivity index (χ4v) is 4.01. The molecule has 0 aromatic heterocycles. The molecule has 2 saturated heterocycles. The zero-order valence-electron chi connectivity index (χ0n) is 14.4. The van der Waals surface area contributed by atoms with Gasteiger partial charge in [-0.15, -0.1) is 0 Å². The van der Waals surface area contributed by atoms with Gasteiger partial charge in [0.2, 0.25) is 5.91 Å². The van der Waals surface area contributed by atoms with Crippen molar-refractivity contribution in [3.8, 4) is 0 Å². The van der Waals surface area contributed by atoms with Crippen LogP contribution < -0.4 is 5.32 Å². The van der Waals surface area contributed by atoms with Crippen LogP contribution in [0.4, 0.5) is 4.79 Å². The highest BCUT2D eigenvalue weighted by Crippen LogP contribution is 2.28. The van der Waals surface area contributed by atoms with Gasteiger partial charge in [-0.1, -0.05) is 0 Å². The monoisotopic (exact) mass is 338 g/mol. The minimum Gasteiger partial charge on any atom is -0.380 e. The molecule has 0 aromatic rings. The number of rotatable bonds is 5. The van der Waals surface area contributed by atoms with Crippen LogP contribution in [0.2, 0.25) is 0 Å². The predicted octanol–water partition coefficient (Wildman–Crippen LogP) is -0.362. The van der Waals surface area contributed by atoms with Crippen LogP contribution in [-0.4, -0.2) is 91.1 Å². The second-order valence-electron chi connectivity index (χ2n) is 6.93. The van der Waals surface area contributed by atoms with Gasteiger partial charge in [0.05, 0.1) is 6.10 Å². The molecule has 3 atom stereocenters. The van der Waals surface area contributed by atoms with Crippen molar-refractivity contribution < 1.29 is 19.1 Å². The number of likely N-dealkylation sites (tertiary alicyclic amines) is 1. The summed E-state index contributed by atoms with van der Waals surface area (Å²) in [5.41, 5.74) is 0. The molecule has 2 heterocycles. The number of carbonyl (C=O) groups excluding carboxylic acids is 3. The van der Waals surface area contributed by atoms with Gasteiger partial charge >= 0.3 is 6.03 Å². The number of hydrogen-bond acceptors (Lipinski definition) is 5. The standard InChI is InChI=1S/C16H26N4O4/c1-18-10-15(22)20(16(18)23)9-14(21)17-12-4-3-5-13(12)19-7-6-11(8-19)24-2/h11-13H,3-10H2,1-2H3,(H,17,21)/t11?,12-,13+/m1/s1. The quantitative estimate of drug-likeness (QED) is 0.692. The molecule has 24 heavy (non-hydrogen) atoms. The lowest BCUT2D eigenvalue weighted by atomic mass is 10.1. The molecule has 0 bridgehead atoms. The Kier molecular flexibility index (Phi) is 5.05. The summed E-state index contributed by atoms with van der Waals surface area (Å²) in [5.74, 6) is -0.575. The summed E-state index contributed by atoms with van der Waals surface area (Å²) < 4.78 is 5.42. The van der Waals surface area contributed by atoms with Gasteiger partial charge in [0.1, 0.15) is 13.1 Å². The van der Waals surface area contributed by atoms with Gasteiger partial charge in [0.15, 0.2) is 0 Å². The molecule has 8 heteroatoms. The number of nitrogens with one attached hydrogen (secondary N) is 1. The number of imide groups is 1. The van der Waals surface area contributed by atoms with Crippen LogP contribution in [0.25, 0.3) is 0 Å². The van der Waals surface area contributed by atoms with Gasteiger partial charge in [-0.2, -0.15) is 0 Å². The maximum Gasteiger partial charge on any atom is 0.327 e. The molecule has 1 saturated carbocycles. The molecular formula is C16H26N4O4. The molecule has 1 N–H and O–H groups in total. The van der Waals surface area contributed by atoms with Crippen LogP contribution in [0.15, 0.2) is 0 Å². The van der Waals surface area contributed by atoms with Gasteiger partial charge in [0.25, 0.3) is 5.91 Å². The largest absolute Gasteiger partial charge is 0.380 e. The number of nitrogens with zero attached hydrogens (tertiary/aromatic N) is 3. The summed E-state index contributed by atoms with van der Waals surface area (Å²) in [6.45, 7) is 1.75. The minimum absolute atomic E-state index is 0.0460. The topological polar surface area (TPSA) is 82.2 Å². The summed E-state index contributed by atoms with van der Waals surface area (Å²) in [7, 11) is 3.30. The van der Waals surface area contributed by atoms with Gasteiger partial charge in [-0.3, -0.25) is 19.4 Å². The Morgan fingerprint density at radius 1 is 1.29 bits per heavy atom. The highest BCUT2D eigenvalue weighted by Gasteiger charge is 2.38. The summed E-state index contributed by atoms with van der Waals surface area (Å²) in [4.78, 5) is 40.7. The van der Waals surface area contributed by atoms with E-state index in [-0.39, 0.29) is 37.0 Å². The first-order chi connectivity index (χ1) is 11.5. The zero-order chi connectivity index (χ0) is 17.3. The van der Waals surface area contributed by atoms with Crippen molar-refractivity contribution in [3.63, 3.8) is 0 Å².